The minimum absolute atomic E-state index is 0.0270. The third kappa shape index (κ3) is 2.94. The number of hydrogen-bond acceptors (Lipinski definition) is 4. The molecule has 1 aromatic carbocycles. The van der Waals surface area contributed by atoms with E-state index in [4.69, 9.17) is 4.74 Å². The van der Waals surface area contributed by atoms with Crippen molar-refractivity contribution in [3.05, 3.63) is 18.2 Å². The Labute approximate surface area is 123 Å². The summed E-state index contributed by atoms with van der Waals surface area (Å²) >= 11 is 0. The van der Waals surface area contributed by atoms with Gasteiger partial charge in [0, 0.05) is 12.2 Å². The van der Waals surface area contributed by atoms with E-state index in [1.54, 1.807) is 13.0 Å². The molecule has 1 aromatic rings. The molecule has 2 atom stereocenters. The van der Waals surface area contributed by atoms with Crippen molar-refractivity contribution in [2.75, 3.05) is 17.2 Å². The highest BCUT2D eigenvalue weighted by molar-refractivity contribution is 5.98. The fourth-order valence-corrected chi connectivity index (χ4v) is 2.58. The van der Waals surface area contributed by atoms with Gasteiger partial charge in [-0.15, -0.1) is 0 Å². The van der Waals surface area contributed by atoms with Crippen molar-refractivity contribution < 1.29 is 14.3 Å². The minimum atomic E-state index is -0.482. The molecule has 2 aliphatic rings. The number of rotatable bonds is 2. The molecule has 21 heavy (non-hydrogen) atoms. The van der Waals surface area contributed by atoms with Crippen LogP contribution in [-0.2, 0) is 9.59 Å². The summed E-state index contributed by atoms with van der Waals surface area (Å²) in [7, 11) is 0. The quantitative estimate of drug-likeness (QED) is 0.770. The van der Waals surface area contributed by atoms with Crippen LogP contribution in [0.5, 0.6) is 5.75 Å². The van der Waals surface area contributed by atoms with Crippen molar-refractivity contribution >= 4 is 23.2 Å². The van der Waals surface area contributed by atoms with Gasteiger partial charge in [0.05, 0.1) is 5.69 Å². The predicted octanol–water partition coefficient (Wildman–Crippen LogP) is 1.49. The lowest BCUT2D eigenvalue weighted by atomic mass is 10.1. The third-order valence-electron chi connectivity index (χ3n) is 3.79. The van der Waals surface area contributed by atoms with Gasteiger partial charge in [0.15, 0.2) is 6.10 Å². The van der Waals surface area contributed by atoms with E-state index in [9.17, 15) is 9.59 Å². The lowest BCUT2D eigenvalue weighted by Gasteiger charge is -2.24. The van der Waals surface area contributed by atoms with Gasteiger partial charge in [0.25, 0.3) is 5.91 Å². The first-order valence-electron chi connectivity index (χ1n) is 7.29. The Morgan fingerprint density at radius 1 is 1.24 bits per heavy atom. The predicted molar refractivity (Wildman–Crippen MR) is 79.4 cm³/mol. The first-order valence-corrected chi connectivity index (χ1v) is 7.29. The van der Waals surface area contributed by atoms with Crippen molar-refractivity contribution in [2.24, 2.45) is 0 Å². The van der Waals surface area contributed by atoms with Crippen LogP contribution in [0.1, 0.15) is 26.2 Å². The number of carbonyl (C=O) groups excluding carboxylic acids is 2. The van der Waals surface area contributed by atoms with Gasteiger partial charge in [-0.05, 0) is 44.4 Å². The van der Waals surface area contributed by atoms with Crippen molar-refractivity contribution in [2.45, 2.75) is 38.3 Å². The molecule has 1 fully saturated rings. The Morgan fingerprint density at radius 2 is 2.10 bits per heavy atom. The molecule has 3 N–H and O–H groups in total. The third-order valence-corrected chi connectivity index (χ3v) is 3.79. The zero-order valence-corrected chi connectivity index (χ0v) is 11.9. The van der Waals surface area contributed by atoms with E-state index in [2.05, 4.69) is 16.0 Å². The van der Waals surface area contributed by atoms with E-state index < -0.39 is 6.10 Å². The van der Waals surface area contributed by atoms with E-state index in [1.807, 2.05) is 12.1 Å². The summed E-state index contributed by atoms with van der Waals surface area (Å²) in [5.41, 5.74) is 1.44. The molecular formula is C15H19N3O3. The highest BCUT2D eigenvalue weighted by Gasteiger charge is 2.25. The Bertz CT molecular complexity index is 573. The Balaban J connectivity index is 1.76. The average Bonchev–Trinajstić information content (AvgIpc) is 2.66. The molecule has 3 rings (SSSR count). The summed E-state index contributed by atoms with van der Waals surface area (Å²) in [5, 5.41) is 8.93. The molecule has 0 bridgehead atoms. The zero-order valence-electron chi connectivity index (χ0n) is 11.9. The maximum atomic E-state index is 11.9. The molecule has 0 radical (unpaired) electrons. The maximum Gasteiger partial charge on any atom is 0.265 e. The SMILES string of the molecule is C[C@@H]1Oc2ccc(N[C@@H]3CCCCNC3=O)cc2NC1=O. The molecule has 0 aliphatic carbocycles. The van der Waals surface area contributed by atoms with Gasteiger partial charge in [-0.3, -0.25) is 9.59 Å². The molecule has 0 aromatic heterocycles. The van der Waals surface area contributed by atoms with Crippen molar-refractivity contribution in [3.8, 4) is 5.75 Å². The van der Waals surface area contributed by atoms with E-state index in [0.717, 1.165) is 31.5 Å². The first kappa shape index (κ1) is 13.7. The van der Waals surface area contributed by atoms with Crippen LogP contribution in [0.25, 0.3) is 0 Å². The second kappa shape index (κ2) is 5.63. The number of anilines is 2. The molecule has 0 unspecified atom stereocenters. The lowest BCUT2D eigenvalue weighted by Crippen LogP contribution is -2.38. The highest BCUT2D eigenvalue weighted by Crippen LogP contribution is 2.32. The van der Waals surface area contributed by atoms with E-state index >= 15 is 0 Å². The molecular weight excluding hydrogens is 270 g/mol. The second-order valence-electron chi connectivity index (χ2n) is 5.44. The summed E-state index contributed by atoms with van der Waals surface area (Å²) in [6, 6.07) is 5.24. The summed E-state index contributed by atoms with van der Waals surface area (Å²) in [6.45, 7) is 2.45. The lowest BCUT2D eigenvalue weighted by molar-refractivity contribution is -0.123. The number of nitrogens with one attached hydrogen (secondary N) is 3. The fraction of sp³-hybridized carbons (Fsp3) is 0.467. The van der Waals surface area contributed by atoms with E-state index in [1.165, 1.54) is 0 Å². The number of amides is 2. The normalized spacial score (nSPS) is 25.0. The van der Waals surface area contributed by atoms with Gasteiger partial charge in [-0.2, -0.15) is 0 Å². The van der Waals surface area contributed by atoms with Crippen LogP contribution in [0.3, 0.4) is 0 Å². The molecule has 2 amide bonds. The van der Waals surface area contributed by atoms with Crippen molar-refractivity contribution in [1.82, 2.24) is 5.32 Å². The second-order valence-corrected chi connectivity index (χ2v) is 5.44. The highest BCUT2D eigenvalue weighted by atomic mass is 16.5. The molecule has 6 nitrogen and oxygen atoms in total. The topological polar surface area (TPSA) is 79.5 Å². The Morgan fingerprint density at radius 3 is 2.95 bits per heavy atom. The van der Waals surface area contributed by atoms with Crippen LogP contribution in [0.4, 0.5) is 11.4 Å². The van der Waals surface area contributed by atoms with Crippen LogP contribution in [0.15, 0.2) is 18.2 Å². The largest absolute Gasteiger partial charge is 0.479 e. The summed E-state index contributed by atoms with van der Waals surface area (Å²) < 4.78 is 5.51. The molecule has 112 valence electrons. The monoisotopic (exact) mass is 289 g/mol. The molecule has 1 saturated heterocycles. The smallest absolute Gasteiger partial charge is 0.265 e. The zero-order chi connectivity index (χ0) is 14.8. The molecule has 0 spiro atoms. The van der Waals surface area contributed by atoms with Gasteiger partial charge in [0.1, 0.15) is 11.8 Å². The first-order chi connectivity index (χ1) is 10.1. The molecule has 0 saturated carbocycles. The van der Waals surface area contributed by atoms with Gasteiger partial charge in [0.2, 0.25) is 5.91 Å². The number of carbonyl (C=O) groups is 2. The van der Waals surface area contributed by atoms with Crippen LogP contribution in [0.2, 0.25) is 0 Å². The standard InChI is InChI=1S/C15H19N3O3/c1-9-14(19)18-12-8-10(5-6-13(12)21-9)17-11-4-2-3-7-16-15(11)20/h5-6,8-9,11,17H,2-4,7H2,1H3,(H,16,20)(H,18,19)/t9-,11+/m0/s1. The number of benzene rings is 1. The van der Waals surface area contributed by atoms with Crippen LogP contribution >= 0.6 is 0 Å². The molecule has 2 heterocycles. The van der Waals surface area contributed by atoms with Gasteiger partial charge in [-0.25, -0.2) is 0 Å². The average molecular weight is 289 g/mol. The molecule has 6 heteroatoms. The maximum absolute atomic E-state index is 11.9. The van der Waals surface area contributed by atoms with E-state index in [0.29, 0.717) is 11.4 Å². The van der Waals surface area contributed by atoms with Gasteiger partial charge in [-0.1, -0.05) is 0 Å². The minimum Gasteiger partial charge on any atom is -0.479 e. The van der Waals surface area contributed by atoms with Crippen LogP contribution in [-0.4, -0.2) is 30.5 Å². The molecule has 2 aliphatic heterocycles. The Kier molecular flexibility index (Phi) is 3.68. The van der Waals surface area contributed by atoms with E-state index in [-0.39, 0.29) is 17.9 Å². The van der Waals surface area contributed by atoms with Gasteiger partial charge >= 0.3 is 0 Å². The fourth-order valence-electron chi connectivity index (χ4n) is 2.58. The number of ether oxygens (including phenoxy) is 1. The number of hydrogen-bond donors (Lipinski definition) is 3. The summed E-state index contributed by atoms with van der Waals surface area (Å²) in [4.78, 5) is 23.6. The number of fused-ring (bicyclic) bond motifs is 1. The van der Waals surface area contributed by atoms with Crippen molar-refractivity contribution in [3.63, 3.8) is 0 Å². The van der Waals surface area contributed by atoms with Gasteiger partial charge < -0.3 is 20.7 Å². The summed E-state index contributed by atoms with van der Waals surface area (Å²) in [6.07, 6.45) is 2.35. The summed E-state index contributed by atoms with van der Waals surface area (Å²) in [5.74, 6) is 0.518. The van der Waals surface area contributed by atoms with Crippen molar-refractivity contribution in [1.29, 1.82) is 0 Å². The van der Waals surface area contributed by atoms with Crippen LogP contribution in [0, 0.1) is 0 Å². The van der Waals surface area contributed by atoms with Crippen LogP contribution < -0.4 is 20.7 Å². The Hall–Kier alpha value is -2.24.